The van der Waals surface area contributed by atoms with Crippen LogP contribution in [0.1, 0.15) is 92.9 Å². The van der Waals surface area contributed by atoms with Crippen molar-refractivity contribution in [1.82, 2.24) is 0 Å². The Labute approximate surface area is 202 Å². The highest BCUT2D eigenvalue weighted by Gasteiger charge is 2.60. The summed E-state index contributed by atoms with van der Waals surface area (Å²) >= 11 is 0. The van der Waals surface area contributed by atoms with Gasteiger partial charge in [0.25, 0.3) is 0 Å². The summed E-state index contributed by atoms with van der Waals surface area (Å²) in [6.07, 6.45) is 5.42. The Hall–Kier alpha value is -1.93. The number of carbonyl (C=O) groups is 3. The highest BCUT2D eigenvalue weighted by Crippen LogP contribution is 2.57. The van der Waals surface area contributed by atoms with Crippen LogP contribution >= 0.6 is 0 Å². The number of carboxylic acids is 3. The van der Waals surface area contributed by atoms with Gasteiger partial charge in [-0.25, -0.2) is 4.79 Å². The predicted molar refractivity (Wildman–Crippen MR) is 126 cm³/mol. The molecule has 0 aromatic heterocycles. The van der Waals surface area contributed by atoms with Gasteiger partial charge >= 0.3 is 17.9 Å². The number of carboxylic acid groups (broad SMARTS) is 3. The van der Waals surface area contributed by atoms with Crippen LogP contribution in [0.15, 0.2) is 11.1 Å². The first-order chi connectivity index (χ1) is 15.6. The van der Waals surface area contributed by atoms with Crippen molar-refractivity contribution in [2.75, 3.05) is 13.2 Å². The zero-order valence-corrected chi connectivity index (χ0v) is 21.5. The van der Waals surface area contributed by atoms with Crippen LogP contribution < -0.4 is 0 Å². The van der Waals surface area contributed by atoms with Gasteiger partial charge in [-0.1, -0.05) is 33.3 Å². The van der Waals surface area contributed by atoms with E-state index in [0.29, 0.717) is 17.9 Å². The molecule has 0 radical (unpaired) electrons. The van der Waals surface area contributed by atoms with Gasteiger partial charge in [-0.3, -0.25) is 9.59 Å². The Kier molecular flexibility index (Phi) is 8.63. The second-order valence-corrected chi connectivity index (χ2v) is 11.4. The van der Waals surface area contributed by atoms with Crippen LogP contribution in [0.25, 0.3) is 0 Å². The normalized spacial score (nSPS) is 22.1. The molecule has 0 aromatic rings. The van der Waals surface area contributed by atoms with Gasteiger partial charge in [-0.2, -0.15) is 0 Å². The molecule has 1 saturated heterocycles. The minimum Gasteiger partial charge on any atom is -0.481 e. The molecule has 8 nitrogen and oxygen atoms in total. The van der Waals surface area contributed by atoms with Crippen LogP contribution in [0.4, 0.5) is 0 Å². The highest BCUT2D eigenvalue weighted by molar-refractivity contribution is 5.91. The molecule has 1 saturated carbocycles. The second kappa shape index (κ2) is 10.4. The molecule has 194 valence electrons. The Bertz CT molecular complexity index is 809. The third-order valence-electron chi connectivity index (χ3n) is 8.70. The Morgan fingerprint density at radius 3 is 1.91 bits per heavy atom. The summed E-state index contributed by atoms with van der Waals surface area (Å²) in [5, 5.41) is 29.8. The van der Waals surface area contributed by atoms with Crippen LogP contribution in [0.2, 0.25) is 0 Å². The van der Waals surface area contributed by atoms with Crippen molar-refractivity contribution in [1.29, 1.82) is 0 Å². The Morgan fingerprint density at radius 2 is 1.47 bits per heavy atom. The first-order valence-electron chi connectivity index (χ1n) is 12.3. The molecular weight excluding hydrogens is 440 g/mol. The van der Waals surface area contributed by atoms with Gasteiger partial charge in [0.2, 0.25) is 0 Å². The fraction of sp³-hybridized carbons (Fsp3) is 0.808. The lowest BCUT2D eigenvalue weighted by molar-refractivity contribution is -0.283. The van der Waals surface area contributed by atoms with E-state index >= 15 is 0 Å². The zero-order valence-electron chi connectivity index (χ0n) is 21.5. The second-order valence-electron chi connectivity index (χ2n) is 11.4. The molecule has 2 fully saturated rings. The molecule has 8 heteroatoms. The largest absolute Gasteiger partial charge is 0.481 e. The van der Waals surface area contributed by atoms with E-state index in [1.807, 2.05) is 0 Å². The predicted octanol–water partition coefficient (Wildman–Crippen LogP) is 5.11. The fourth-order valence-corrected chi connectivity index (χ4v) is 6.05. The van der Waals surface area contributed by atoms with Crippen LogP contribution in [0.5, 0.6) is 0 Å². The fourth-order valence-electron chi connectivity index (χ4n) is 6.05. The molecule has 1 unspecified atom stereocenters. The van der Waals surface area contributed by atoms with Crippen LogP contribution in [0, 0.1) is 22.2 Å². The number of ether oxygens (including phenoxy) is 2. The lowest BCUT2D eigenvalue weighted by atomic mass is 9.50. The zero-order chi connectivity index (χ0) is 25.9. The summed E-state index contributed by atoms with van der Waals surface area (Å²) in [4.78, 5) is 36.5. The lowest BCUT2D eigenvalue weighted by Gasteiger charge is -2.51. The molecule has 34 heavy (non-hydrogen) atoms. The number of aliphatic carboxylic acids is 3. The van der Waals surface area contributed by atoms with Crippen molar-refractivity contribution in [3.8, 4) is 0 Å². The van der Waals surface area contributed by atoms with E-state index in [1.165, 1.54) is 6.92 Å². The molecule has 0 aromatic carbocycles. The number of hydrogen-bond donors (Lipinski definition) is 3. The smallest absolute Gasteiger partial charge is 0.332 e. The van der Waals surface area contributed by atoms with Crippen molar-refractivity contribution in [3.05, 3.63) is 11.1 Å². The monoisotopic (exact) mass is 482 g/mol. The molecule has 0 bridgehead atoms. The number of rotatable bonds is 10. The van der Waals surface area contributed by atoms with E-state index in [4.69, 9.17) is 9.47 Å². The minimum absolute atomic E-state index is 0.0575. The van der Waals surface area contributed by atoms with Crippen LogP contribution in [-0.2, 0) is 23.9 Å². The van der Waals surface area contributed by atoms with Gasteiger partial charge in [-0.15, -0.1) is 0 Å². The molecule has 1 heterocycles. The maximum absolute atomic E-state index is 12.6. The summed E-state index contributed by atoms with van der Waals surface area (Å²) in [6.45, 7) is 11.1. The van der Waals surface area contributed by atoms with E-state index < -0.39 is 39.9 Å². The summed E-state index contributed by atoms with van der Waals surface area (Å²) in [6, 6.07) is 0. The maximum atomic E-state index is 12.6. The van der Waals surface area contributed by atoms with E-state index in [2.05, 4.69) is 0 Å². The number of hydrogen-bond acceptors (Lipinski definition) is 5. The summed E-state index contributed by atoms with van der Waals surface area (Å²) < 4.78 is 11.8. The van der Waals surface area contributed by atoms with Gasteiger partial charge in [0.1, 0.15) is 0 Å². The topological polar surface area (TPSA) is 130 Å². The van der Waals surface area contributed by atoms with E-state index in [9.17, 15) is 29.7 Å². The summed E-state index contributed by atoms with van der Waals surface area (Å²) in [5.41, 5.74) is -3.47. The summed E-state index contributed by atoms with van der Waals surface area (Å²) in [5.74, 6) is -3.52. The first kappa shape index (κ1) is 28.3. The van der Waals surface area contributed by atoms with Gasteiger partial charge in [-0.05, 0) is 57.3 Å². The third kappa shape index (κ3) is 5.48. The molecule has 2 aliphatic rings. The molecule has 1 spiro atoms. The van der Waals surface area contributed by atoms with E-state index in [0.717, 1.165) is 51.7 Å². The molecule has 3 N–H and O–H groups in total. The highest BCUT2D eigenvalue weighted by atomic mass is 16.7. The SMILES string of the molecule is CC(CCC1CCC2(CC1)OCCCO2)=C(C(=O)O)C(C)(C)C(C)(C(=O)O)C(C)(C)CC(=O)O. The van der Waals surface area contributed by atoms with Crippen molar-refractivity contribution in [3.63, 3.8) is 0 Å². The molecule has 0 amide bonds. The van der Waals surface area contributed by atoms with Crippen molar-refractivity contribution < 1.29 is 39.2 Å². The van der Waals surface area contributed by atoms with Crippen molar-refractivity contribution in [2.45, 2.75) is 98.7 Å². The van der Waals surface area contributed by atoms with E-state index in [1.54, 1.807) is 34.6 Å². The first-order valence-corrected chi connectivity index (χ1v) is 12.3. The quantitative estimate of drug-likeness (QED) is 0.366. The van der Waals surface area contributed by atoms with E-state index in [-0.39, 0.29) is 12.0 Å². The van der Waals surface area contributed by atoms with Crippen LogP contribution in [0.3, 0.4) is 0 Å². The van der Waals surface area contributed by atoms with Gasteiger partial charge in [0.15, 0.2) is 5.79 Å². The average Bonchev–Trinajstić information content (AvgIpc) is 2.71. The Balaban J connectivity index is 2.26. The average molecular weight is 483 g/mol. The molecule has 1 atom stereocenters. The lowest BCUT2D eigenvalue weighted by Crippen LogP contribution is -2.54. The number of allylic oxidation sites excluding steroid dienone is 1. The van der Waals surface area contributed by atoms with Gasteiger partial charge in [0.05, 0.1) is 25.0 Å². The van der Waals surface area contributed by atoms with Crippen molar-refractivity contribution >= 4 is 17.9 Å². The molecular formula is C26H42O8. The molecule has 1 aliphatic carbocycles. The molecule has 2 rings (SSSR count). The van der Waals surface area contributed by atoms with Gasteiger partial charge in [0, 0.05) is 23.8 Å². The molecule has 1 aliphatic heterocycles. The van der Waals surface area contributed by atoms with Crippen LogP contribution in [-0.4, -0.2) is 52.2 Å². The Morgan fingerprint density at radius 1 is 0.941 bits per heavy atom. The summed E-state index contributed by atoms with van der Waals surface area (Å²) in [7, 11) is 0. The van der Waals surface area contributed by atoms with Gasteiger partial charge < -0.3 is 24.8 Å². The van der Waals surface area contributed by atoms with Crippen molar-refractivity contribution in [2.24, 2.45) is 22.2 Å². The maximum Gasteiger partial charge on any atom is 0.332 e. The third-order valence-corrected chi connectivity index (χ3v) is 8.70. The minimum atomic E-state index is -1.64. The standard InChI is InChI=1S/C26H42O8/c1-17(8-9-18-10-12-26(13-11-18)33-14-7-15-34-26)20(21(29)30)24(4,5)25(6,22(31)32)23(2,3)16-19(27)28/h18H,7-16H2,1-6H3,(H,27,28)(H,29,30)(H,31,32).